The fourth-order valence-corrected chi connectivity index (χ4v) is 4.22. The molecule has 2 atom stereocenters. The molecule has 1 aliphatic rings. The van der Waals surface area contributed by atoms with Crippen LogP contribution in [0.5, 0.6) is 0 Å². The normalized spacial score (nSPS) is 18.5. The molecule has 2 amide bonds. The predicted octanol–water partition coefficient (Wildman–Crippen LogP) is 5.49. The molecule has 0 saturated heterocycles. The van der Waals surface area contributed by atoms with Gasteiger partial charge in [-0.3, -0.25) is 9.59 Å². The molecular formula is C24H30N2O2. The third-order valence-electron chi connectivity index (χ3n) is 5.51. The lowest BCUT2D eigenvalue weighted by molar-refractivity contribution is -0.119. The molecule has 0 saturated carbocycles. The van der Waals surface area contributed by atoms with Gasteiger partial charge in [0.05, 0.1) is 6.04 Å². The average Bonchev–Trinajstić information content (AvgIpc) is 2.69. The molecule has 1 heterocycles. The Balaban J connectivity index is 1.97. The van der Waals surface area contributed by atoms with Gasteiger partial charge in [-0.15, -0.1) is 0 Å². The van der Waals surface area contributed by atoms with Crippen molar-refractivity contribution in [1.29, 1.82) is 0 Å². The van der Waals surface area contributed by atoms with Crippen molar-refractivity contribution in [2.45, 2.75) is 65.0 Å². The van der Waals surface area contributed by atoms with E-state index in [0.717, 1.165) is 42.6 Å². The van der Waals surface area contributed by atoms with Crippen LogP contribution in [-0.2, 0) is 9.59 Å². The smallest absolute Gasteiger partial charge is 0.227 e. The third-order valence-corrected chi connectivity index (χ3v) is 5.51. The van der Waals surface area contributed by atoms with Crippen LogP contribution in [0.25, 0.3) is 0 Å². The van der Waals surface area contributed by atoms with Gasteiger partial charge in [-0.05, 0) is 43.5 Å². The Morgan fingerprint density at radius 2 is 1.71 bits per heavy atom. The molecule has 2 aromatic rings. The molecule has 1 aliphatic heterocycles. The quantitative estimate of drug-likeness (QED) is 0.624. The van der Waals surface area contributed by atoms with Crippen molar-refractivity contribution in [3.05, 3.63) is 60.2 Å². The molecule has 4 heteroatoms. The molecule has 0 bridgehead atoms. The van der Waals surface area contributed by atoms with Crippen molar-refractivity contribution in [2.75, 3.05) is 9.80 Å². The van der Waals surface area contributed by atoms with Crippen LogP contribution in [0, 0.1) is 0 Å². The van der Waals surface area contributed by atoms with E-state index in [1.54, 1.807) is 6.92 Å². The molecular weight excluding hydrogens is 348 g/mol. The van der Waals surface area contributed by atoms with Gasteiger partial charge in [0.2, 0.25) is 11.8 Å². The van der Waals surface area contributed by atoms with E-state index < -0.39 is 0 Å². The Labute approximate surface area is 168 Å². The SMILES string of the molecule is CCCCCC(=O)N1c2ccccc2[C@@H](N(C(C)=O)c2ccccc2)C[C@H]1C. The van der Waals surface area contributed by atoms with E-state index in [2.05, 4.69) is 19.9 Å². The number of anilines is 2. The lowest BCUT2D eigenvalue weighted by atomic mass is 9.89. The van der Waals surface area contributed by atoms with Crippen LogP contribution in [0.2, 0.25) is 0 Å². The molecule has 28 heavy (non-hydrogen) atoms. The number of benzene rings is 2. The largest absolute Gasteiger partial charge is 0.309 e. The summed E-state index contributed by atoms with van der Waals surface area (Å²) in [5.41, 5.74) is 2.88. The summed E-state index contributed by atoms with van der Waals surface area (Å²) in [6.45, 7) is 5.85. The van der Waals surface area contributed by atoms with Crippen LogP contribution in [-0.4, -0.2) is 17.9 Å². The van der Waals surface area contributed by atoms with Gasteiger partial charge in [0.1, 0.15) is 0 Å². The van der Waals surface area contributed by atoms with E-state index in [1.807, 2.05) is 58.3 Å². The lowest BCUT2D eigenvalue weighted by Gasteiger charge is -2.43. The van der Waals surface area contributed by atoms with Gasteiger partial charge in [-0.2, -0.15) is 0 Å². The maximum atomic E-state index is 13.0. The number of hydrogen-bond acceptors (Lipinski definition) is 2. The van der Waals surface area contributed by atoms with Gasteiger partial charge >= 0.3 is 0 Å². The molecule has 0 N–H and O–H groups in total. The average molecular weight is 379 g/mol. The van der Waals surface area contributed by atoms with Crippen molar-refractivity contribution in [3.8, 4) is 0 Å². The summed E-state index contributed by atoms with van der Waals surface area (Å²) < 4.78 is 0. The first-order valence-corrected chi connectivity index (χ1v) is 10.3. The van der Waals surface area contributed by atoms with Gasteiger partial charge in [-0.25, -0.2) is 0 Å². The highest BCUT2D eigenvalue weighted by Crippen LogP contribution is 2.42. The second-order valence-electron chi connectivity index (χ2n) is 7.60. The molecule has 0 aromatic heterocycles. The summed E-state index contributed by atoms with van der Waals surface area (Å²) in [7, 11) is 0. The predicted molar refractivity (Wildman–Crippen MR) is 114 cm³/mol. The Morgan fingerprint density at radius 3 is 2.39 bits per heavy atom. The zero-order valence-electron chi connectivity index (χ0n) is 17.1. The number of nitrogens with zero attached hydrogens (tertiary/aromatic N) is 2. The van der Waals surface area contributed by atoms with Gasteiger partial charge in [-0.1, -0.05) is 56.2 Å². The van der Waals surface area contributed by atoms with E-state index in [1.165, 1.54) is 0 Å². The third kappa shape index (κ3) is 4.11. The van der Waals surface area contributed by atoms with Crippen LogP contribution in [0.15, 0.2) is 54.6 Å². The number of carbonyl (C=O) groups is 2. The van der Waals surface area contributed by atoms with Crippen molar-refractivity contribution >= 4 is 23.2 Å². The summed E-state index contributed by atoms with van der Waals surface area (Å²) in [6.07, 6.45) is 4.40. The lowest BCUT2D eigenvalue weighted by Crippen LogP contribution is -2.47. The van der Waals surface area contributed by atoms with Crippen LogP contribution >= 0.6 is 0 Å². The number of hydrogen-bond donors (Lipinski definition) is 0. The molecule has 0 fully saturated rings. The Kier molecular flexibility index (Phi) is 6.50. The van der Waals surface area contributed by atoms with Gasteiger partial charge in [0.25, 0.3) is 0 Å². The Bertz CT molecular complexity index is 818. The highest BCUT2D eigenvalue weighted by atomic mass is 16.2. The zero-order valence-corrected chi connectivity index (χ0v) is 17.1. The summed E-state index contributed by atoms with van der Waals surface area (Å²) in [5.74, 6) is 0.196. The molecule has 0 unspecified atom stereocenters. The van der Waals surface area contributed by atoms with Gasteiger partial charge < -0.3 is 9.80 Å². The van der Waals surface area contributed by atoms with Crippen LogP contribution < -0.4 is 9.80 Å². The summed E-state index contributed by atoms with van der Waals surface area (Å²) in [4.78, 5) is 29.4. The fraction of sp³-hybridized carbons (Fsp3) is 0.417. The maximum Gasteiger partial charge on any atom is 0.227 e. The fourth-order valence-electron chi connectivity index (χ4n) is 4.22. The van der Waals surface area contributed by atoms with Crippen LogP contribution in [0.3, 0.4) is 0 Å². The minimum absolute atomic E-state index is 0.0147. The second-order valence-corrected chi connectivity index (χ2v) is 7.60. The highest BCUT2D eigenvalue weighted by Gasteiger charge is 2.37. The monoisotopic (exact) mass is 378 g/mol. The number of para-hydroxylation sites is 2. The van der Waals surface area contributed by atoms with E-state index in [0.29, 0.717) is 6.42 Å². The van der Waals surface area contributed by atoms with Crippen LogP contribution in [0.1, 0.15) is 64.5 Å². The molecule has 0 radical (unpaired) electrons. The summed E-state index contributed by atoms with van der Waals surface area (Å²) in [5, 5.41) is 0. The first kappa shape index (κ1) is 20.1. The number of unbranched alkanes of at least 4 members (excludes halogenated alkanes) is 2. The van der Waals surface area contributed by atoms with Crippen molar-refractivity contribution in [2.24, 2.45) is 0 Å². The molecule has 4 nitrogen and oxygen atoms in total. The van der Waals surface area contributed by atoms with Gasteiger partial charge in [0.15, 0.2) is 0 Å². The Morgan fingerprint density at radius 1 is 1.04 bits per heavy atom. The summed E-state index contributed by atoms with van der Waals surface area (Å²) >= 11 is 0. The van der Waals surface area contributed by atoms with E-state index in [-0.39, 0.29) is 23.9 Å². The van der Waals surface area contributed by atoms with Gasteiger partial charge in [0, 0.05) is 30.8 Å². The van der Waals surface area contributed by atoms with E-state index >= 15 is 0 Å². The first-order valence-electron chi connectivity index (χ1n) is 10.3. The molecule has 0 aliphatic carbocycles. The van der Waals surface area contributed by atoms with Crippen molar-refractivity contribution in [3.63, 3.8) is 0 Å². The topological polar surface area (TPSA) is 40.6 Å². The standard InChI is InChI=1S/C24H30N2O2/c1-4-5-7-16-24(28)25-18(2)17-23(21-14-10-11-15-22(21)25)26(19(3)27)20-12-8-6-9-13-20/h6,8-15,18,23H,4-5,7,16-17H2,1-3H3/t18-,23+/m1/s1. The number of rotatable bonds is 6. The molecule has 2 aromatic carbocycles. The van der Waals surface area contributed by atoms with E-state index in [9.17, 15) is 9.59 Å². The van der Waals surface area contributed by atoms with Crippen molar-refractivity contribution < 1.29 is 9.59 Å². The maximum absolute atomic E-state index is 13.0. The molecule has 3 rings (SSSR count). The van der Waals surface area contributed by atoms with Crippen LogP contribution in [0.4, 0.5) is 11.4 Å². The second kappa shape index (κ2) is 9.05. The van der Waals surface area contributed by atoms with Crippen molar-refractivity contribution in [1.82, 2.24) is 0 Å². The highest BCUT2D eigenvalue weighted by molar-refractivity contribution is 5.97. The van der Waals surface area contributed by atoms with E-state index in [4.69, 9.17) is 0 Å². The molecule has 0 spiro atoms. The Hall–Kier alpha value is -2.62. The number of amides is 2. The number of fused-ring (bicyclic) bond motifs is 1. The molecule has 148 valence electrons. The summed E-state index contributed by atoms with van der Waals surface area (Å²) in [6, 6.07) is 17.8. The zero-order chi connectivity index (χ0) is 20.1. The minimum atomic E-state index is -0.0780. The number of carbonyl (C=O) groups excluding carboxylic acids is 2. The first-order chi connectivity index (χ1) is 13.5. The minimum Gasteiger partial charge on any atom is -0.309 e.